The molecule has 2 rings (SSSR count). The highest BCUT2D eigenvalue weighted by Gasteiger charge is 2.50. The highest BCUT2D eigenvalue weighted by molar-refractivity contribution is 4.93. The van der Waals surface area contributed by atoms with Crippen LogP contribution in [0.25, 0.3) is 0 Å². The molecule has 2 heterocycles. The molecule has 0 radical (unpaired) electrons. The second-order valence-electron chi connectivity index (χ2n) is 5.53. The number of rotatable bonds is 4. The molecule has 2 saturated heterocycles. The van der Waals surface area contributed by atoms with Crippen molar-refractivity contribution in [3.05, 3.63) is 0 Å². The van der Waals surface area contributed by atoms with E-state index in [2.05, 4.69) is 0 Å². The Morgan fingerprint density at radius 2 is 1.26 bits per heavy atom. The summed E-state index contributed by atoms with van der Waals surface area (Å²) in [4.78, 5) is 0. The van der Waals surface area contributed by atoms with Gasteiger partial charge in [-0.3, -0.25) is 0 Å². The first-order valence-corrected chi connectivity index (χ1v) is 7.08. The lowest BCUT2D eigenvalue weighted by atomic mass is 9.97. The van der Waals surface area contributed by atoms with E-state index in [0.29, 0.717) is 0 Å². The van der Waals surface area contributed by atoms with Crippen molar-refractivity contribution in [3.63, 3.8) is 0 Å². The quantitative estimate of drug-likeness (QED) is 0.243. The van der Waals surface area contributed by atoms with Crippen LogP contribution in [0.3, 0.4) is 0 Å². The normalized spacial score (nSPS) is 51.7. The van der Waals surface area contributed by atoms with E-state index in [1.54, 1.807) is 0 Å². The van der Waals surface area contributed by atoms with Crippen LogP contribution in [0.15, 0.2) is 0 Å². The van der Waals surface area contributed by atoms with Crippen molar-refractivity contribution in [3.8, 4) is 0 Å². The lowest BCUT2D eigenvalue weighted by Gasteiger charge is -2.45. The van der Waals surface area contributed by atoms with Crippen LogP contribution in [0.5, 0.6) is 0 Å². The highest BCUT2D eigenvalue weighted by Crippen LogP contribution is 2.28. The van der Waals surface area contributed by atoms with E-state index in [0.717, 1.165) is 0 Å². The van der Waals surface area contributed by atoms with Crippen molar-refractivity contribution in [2.75, 3.05) is 13.2 Å². The molecule has 0 bridgehead atoms. The van der Waals surface area contributed by atoms with E-state index in [1.807, 2.05) is 0 Å². The fourth-order valence-corrected chi connectivity index (χ4v) is 2.57. The van der Waals surface area contributed by atoms with Gasteiger partial charge < -0.3 is 55.1 Å². The van der Waals surface area contributed by atoms with Crippen molar-refractivity contribution in [2.24, 2.45) is 0 Å². The van der Waals surface area contributed by atoms with Crippen molar-refractivity contribution in [2.45, 2.75) is 61.4 Å². The van der Waals surface area contributed by atoms with Gasteiger partial charge in [0.2, 0.25) is 0 Å². The topological polar surface area (TPSA) is 190 Å². The third kappa shape index (κ3) is 3.65. The van der Waals surface area contributed by atoms with Crippen LogP contribution < -0.4 is 0 Å². The molecule has 8 N–H and O–H groups in total. The van der Waals surface area contributed by atoms with E-state index in [4.69, 9.17) is 19.3 Å². The van der Waals surface area contributed by atoms with Crippen LogP contribution in [-0.2, 0) is 14.2 Å². The van der Waals surface area contributed by atoms with Gasteiger partial charge in [-0.1, -0.05) is 0 Å². The number of aliphatic hydroxyl groups is 8. The second-order valence-corrected chi connectivity index (χ2v) is 5.53. The predicted molar refractivity (Wildman–Crippen MR) is 68.6 cm³/mol. The zero-order valence-corrected chi connectivity index (χ0v) is 12.0. The van der Waals surface area contributed by atoms with Crippen LogP contribution in [0, 0.1) is 0 Å². The molecule has 0 saturated carbocycles. The second kappa shape index (κ2) is 7.63. The van der Waals surface area contributed by atoms with Gasteiger partial charge in [0.15, 0.2) is 12.6 Å². The number of hydrogen-bond acceptors (Lipinski definition) is 11. The van der Waals surface area contributed by atoms with Gasteiger partial charge in [0, 0.05) is 0 Å². The standard InChI is InChI=1S/C12H22O11/c13-1-3-5(15)6(16)9(19)12(22-3)23-10-4(2-14)21-11(20)8(18)7(10)17/h3-20H,1-2H2/t3-,4+,5+,6+,7+,8+,9-,10-,11-,12+/m1/s1. The zero-order chi connectivity index (χ0) is 17.3. The van der Waals surface area contributed by atoms with Gasteiger partial charge >= 0.3 is 0 Å². The summed E-state index contributed by atoms with van der Waals surface area (Å²) in [5.41, 5.74) is 0. The fourth-order valence-electron chi connectivity index (χ4n) is 2.57. The monoisotopic (exact) mass is 342 g/mol. The third-order valence-corrected chi connectivity index (χ3v) is 3.98. The molecule has 0 aromatic carbocycles. The summed E-state index contributed by atoms with van der Waals surface area (Å²) in [5.74, 6) is 0. The molecule has 2 aliphatic heterocycles. The molecule has 0 aromatic heterocycles. The minimum atomic E-state index is -1.74. The van der Waals surface area contributed by atoms with E-state index in [1.165, 1.54) is 0 Å². The van der Waals surface area contributed by atoms with E-state index in [9.17, 15) is 35.7 Å². The largest absolute Gasteiger partial charge is 0.394 e. The Bertz CT molecular complexity index is 378. The van der Waals surface area contributed by atoms with E-state index < -0.39 is 74.6 Å². The molecule has 11 heteroatoms. The lowest BCUT2D eigenvalue weighted by Crippen LogP contribution is -2.64. The Morgan fingerprint density at radius 1 is 0.652 bits per heavy atom. The molecule has 0 amide bonds. The summed E-state index contributed by atoms with van der Waals surface area (Å²) in [6.07, 6.45) is -15.6. The Labute approximate surface area is 130 Å². The molecule has 11 nitrogen and oxygen atoms in total. The Balaban J connectivity index is 2.11. The molecule has 2 fully saturated rings. The number of ether oxygens (including phenoxy) is 3. The molecular formula is C12H22O11. The molecule has 23 heavy (non-hydrogen) atoms. The smallest absolute Gasteiger partial charge is 0.187 e. The van der Waals surface area contributed by atoms with Gasteiger partial charge in [-0.2, -0.15) is 0 Å². The van der Waals surface area contributed by atoms with E-state index in [-0.39, 0.29) is 0 Å². The Kier molecular flexibility index (Phi) is 6.27. The van der Waals surface area contributed by atoms with E-state index >= 15 is 0 Å². The number of hydrogen-bond donors (Lipinski definition) is 8. The third-order valence-electron chi connectivity index (χ3n) is 3.98. The average molecular weight is 342 g/mol. The summed E-state index contributed by atoms with van der Waals surface area (Å²) in [5, 5.41) is 76.5. The first-order valence-electron chi connectivity index (χ1n) is 7.08. The van der Waals surface area contributed by atoms with Crippen LogP contribution in [-0.4, -0.2) is 115 Å². The number of aliphatic hydroxyl groups excluding tert-OH is 8. The maximum atomic E-state index is 9.94. The SMILES string of the molecule is OC[C@@H]1O[C@@H](O)[C@@H](O)[C@H](O)[C@@H]1O[C@@H]1O[C@H](CO)[C@H](O)[C@H](O)[C@H]1O. The van der Waals surface area contributed by atoms with Crippen molar-refractivity contribution >= 4 is 0 Å². The van der Waals surface area contributed by atoms with Crippen molar-refractivity contribution in [1.82, 2.24) is 0 Å². The van der Waals surface area contributed by atoms with Gasteiger partial charge in [0.25, 0.3) is 0 Å². The molecule has 136 valence electrons. The molecule has 0 aliphatic carbocycles. The highest BCUT2D eigenvalue weighted by atomic mass is 16.7. The Morgan fingerprint density at radius 3 is 1.83 bits per heavy atom. The average Bonchev–Trinajstić information content (AvgIpc) is 2.55. The van der Waals surface area contributed by atoms with Crippen molar-refractivity contribution < 1.29 is 55.1 Å². The summed E-state index contributed by atoms with van der Waals surface area (Å²) < 4.78 is 15.3. The molecule has 10 atom stereocenters. The summed E-state index contributed by atoms with van der Waals surface area (Å²) in [6, 6.07) is 0. The van der Waals surface area contributed by atoms with Crippen molar-refractivity contribution in [1.29, 1.82) is 0 Å². The van der Waals surface area contributed by atoms with Crippen LogP contribution >= 0.6 is 0 Å². The van der Waals surface area contributed by atoms with Crippen LogP contribution in [0.2, 0.25) is 0 Å². The van der Waals surface area contributed by atoms with Crippen LogP contribution in [0.1, 0.15) is 0 Å². The summed E-state index contributed by atoms with van der Waals surface area (Å²) >= 11 is 0. The molecular weight excluding hydrogens is 320 g/mol. The predicted octanol–water partition coefficient (Wildman–Crippen LogP) is -5.40. The molecule has 0 spiro atoms. The lowest BCUT2D eigenvalue weighted by molar-refractivity contribution is -0.355. The summed E-state index contributed by atoms with van der Waals surface area (Å²) in [6.45, 7) is -1.35. The minimum Gasteiger partial charge on any atom is -0.394 e. The van der Waals surface area contributed by atoms with Crippen LogP contribution in [0.4, 0.5) is 0 Å². The first-order chi connectivity index (χ1) is 10.8. The van der Waals surface area contributed by atoms with Gasteiger partial charge in [-0.05, 0) is 0 Å². The van der Waals surface area contributed by atoms with Gasteiger partial charge in [0.05, 0.1) is 13.2 Å². The minimum absolute atomic E-state index is 0.667. The Hall–Kier alpha value is -0.440. The maximum Gasteiger partial charge on any atom is 0.187 e. The van der Waals surface area contributed by atoms with Gasteiger partial charge in [-0.15, -0.1) is 0 Å². The zero-order valence-electron chi connectivity index (χ0n) is 12.0. The first kappa shape index (κ1) is 18.9. The van der Waals surface area contributed by atoms with Gasteiger partial charge in [-0.25, -0.2) is 0 Å². The molecule has 0 unspecified atom stereocenters. The fraction of sp³-hybridized carbons (Fsp3) is 1.00. The molecule has 2 aliphatic rings. The maximum absolute atomic E-state index is 9.94. The summed E-state index contributed by atoms with van der Waals surface area (Å²) in [7, 11) is 0. The van der Waals surface area contributed by atoms with Gasteiger partial charge in [0.1, 0.15) is 48.8 Å². The molecule has 0 aromatic rings.